The van der Waals surface area contributed by atoms with Crippen molar-refractivity contribution in [2.45, 2.75) is 90.3 Å². The second-order valence-electron chi connectivity index (χ2n) is 7.45. The predicted molar refractivity (Wildman–Crippen MR) is 91.7 cm³/mol. The largest absolute Gasteiger partial charge is 0.394 e. The van der Waals surface area contributed by atoms with Gasteiger partial charge in [0.2, 0.25) is 0 Å². The number of aliphatic hydroxyl groups is 1. The average molecular weight is 299 g/mol. The van der Waals surface area contributed by atoms with Gasteiger partial charge in [-0.1, -0.05) is 20.3 Å². The molecule has 0 bridgehead atoms. The highest BCUT2D eigenvalue weighted by Crippen LogP contribution is 2.30. The van der Waals surface area contributed by atoms with E-state index in [-0.39, 0.29) is 12.1 Å². The molecule has 1 fully saturated rings. The van der Waals surface area contributed by atoms with Crippen molar-refractivity contribution in [3.63, 3.8) is 0 Å². The van der Waals surface area contributed by atoms with Crippen LogP contribution in [0.3, 0.4) is 0 Å². The fourth-order valence-corrected chi connectivity index (χ4v) is 3.74. The molecule has 0 spiro atoms. The van der Waals surface area contributed by atoms with Crippen molar-refractivity contribution >= 4 is 0 Å². The molecule has 126 valence electrons. The fraction of sp³-hybridized carbons (Fsp3) is 1.00. The lowest BCUT2D eigenvalue weighted by Gasteiger charge is -2.41. The van der Waals surface area contributed by atoms with E-state index in [4.69, 9.17) is 0 Å². The van der Waals surface area contributed by atoms with Crippen LogP contribution in [-0.4, -0.2) is 47.8 Å². The first-order chi connectivity index (χ1) is 9.95. The summed E-state index contributed by atoms with van der Waals surface area (Å²) in [7, 11) is 2.28. The van der Waals surface area contributed by atoms with Gasteiger partial charge in [0, 0.05) is 17.6 Å². The van der Waals surface area contributed by atoms with Gasteiger partial charge < -0.3 is 15.3 Å². The highest BCUT2D eigenvalue weighted by atomic mass is 16.3. The van der Waals surface area contributed by atoms with Gasteiger partial charge >= 0.3 is 0 Å². The molecule has 1 saturated carbocycles. The molecule has 0 amide bonds. The molecule has 0 heterocycles. The lowest BCUT2D eigenvalue weighted by Crippen LogP contribution is -2.52. The Hall–Kier alpha value is -0.120. The van der Waals surface area contributed by atoms with E-state index in [1.54, 1.807) is 0 Å². The molecule has 0 radical (unpaired) electrons. The normalized spacial score (nSPS) is 27.6. The summed E-state index contributed by atoms with van der Waals surface area (Å²) in [4.78, 5) is 2.56. The van der Waals surface area contributed by atoms with Crippen LogP contribution >= 0.6 is 0 Å². The second-order valence-corrected chi connectivity index (χ2v) is 7.45. The molecule has 3 heteroatoms. The number of aliphatic hydroxyl groups excluding tert-OH is 1. The number of nitrogens with one attached hydrogen (secondary N) is 1. The number of hydrogen-bond donors (Lipinski definition) is 2. The van der Waals surface area contributed by atoms with Crippen molar-refractivity contribution in [3.05, 3.63) is 0 Å². The molecule has 2 unspecified atom stereocenters. The van der Waals surface area contributed by atoms with Crippen LogP contribution in [0.15, 0.2) is 0 Å². The van der Waals surface area contributed by atoms with Crippen LogP contribution in [-0.2, 0) is 0 Å². The molecule has 2 atom stereocenters. The summed E-state index contributed by atoms with van der Waals surface area (Å²) in [6.45, 7) is 10.2. The Balaban J connectivity index is 2.47. The SMILES string of the molecule is CCCNC(C)(CO)CC(C)N(C)C1CCC(CC)CC1. The lowest BCUT2D eigenvalue weighted by molar-refractivity contribution is 0.0842. The molecule has 0 aliphatic heterocycles. The molecule has 21 heavy (non-hydrogen) atoms. The Labute approximate surface area is 132 Å². The summed E-state index contributed by atoms with van der Waals surface area (Å²) in [6.07, 6.45) is 8.94. The Morgan fingerprint density at radius 3 is 2.33 bits per heavy atom. The van der Waals surface area contributed by atoms with Gasteiger partial charge in [0.1, 0.15) is 0 Å². The van der Waals surface area contributed by atoms with Crippen LogP contribution < -0.4 is 5.32 Å². The van der Waals surface area contributed by atoms with Gasteiger partial charge in [0.25, 0.3) is 0 Å². The molecule has 1 rings (SSSR count). The lowest BCUT2D eigenvalue weighted by atomic mass is 9.83. The summed E-state index contributed by atoms with van der Waals surface area (Å²) in [5, 5.41) is 13.3. The minimum Gasteiger partial charge on any atom is -0.394 e. The van der Waals surface area contributed by atoms with E-state index in [2.05, 4.69) is 45.0 Å². The van der Waals surface area contributed by atoms with Crippen molar-refractivity contribution in [1.82, 2.24) is 10.2 Å². The topological polar surface area (TPSA) is 35.5 Å². The van der Waals surface area contributed by atoms with E-state index in [1.165, 1.54) is 32.1 Å². The summed E-state index contributed by atoms with van der Waals surface area (Å²) < 4.78 is 0. The Morgan fingerprint density at radius 1 is 1.24 bits per heavy atom. The quantitative estimate of drug-likeness (QED) is 0.685. The zero-order chi connectivity index (χ0) is 15.9. The highest BCUT2D eigenvalue weighted by molar-refractivity contribution is 4.89. The molecular formula is C18H38N2O. The first-order valence-corrected chi connectivity index (χ1v) is 9.03. The maximum atomic E-state index is 9.74. The smallest absolute Gasteiger partial charge is 0.0611 e. The minimum absolute atomic E-state index is 0.149. The molecule has 1 aliphatic carbocycles. The number of hydrogen-bond acceptors (Lipinski definition) is 3. The van der Waals surface area contributed by atoms with Crippen LogP contribution in [0.1, 0.15) is 72.6 Å². The van der Waals surface area contributed by atoms with Crippen LogP contribution in [0.2, 0.25) is 0 Å². The van der Waals surface area contributed by atoms with Crippen molar-refractivity contribution in [3.8, 4) is 0 Å². The molecule has 1 aliphatic rings. The van der Waals surface area contributed by atoms with E-state index in [0.29, 0.717) is 6.04 Å². The Kier molecular flexibility index (Phi) is 8.22. The Morgan fingerprint density at radius 2 is 1.86 bits per heavy atom. The van der Waals surface area contributed by atoms with Crippen LogP contribution in [0.4, 0.5) is 0 Å². The van der Waals surface area contributed by atoms with Crippen molar-refractivity contribution in [2.24, 2.45) is 5.92 Å². The molecule has 2 N–H and O–H groups in total. The summed E-state index contributed by atoms with van der Waals surface area (Å²) >= 11 is 0. The number of nitrogens with zero attached hydrogens (tertiary/aromatic N) is 1. The van der Waals surface area contributed by atoms with Crippen molar-refractivity contribution in [2.75, 3.05) is 20.2 Å². The zero-order valence-corrected chi connectivity index (χ0v) is 15.0. The van der Waals surface area contributed by atoms with E-state index in [0.717, 1.165) is 31.3 Å². The van der Waals surface area contributed by atoms with E-state index >= 15 is 0 Å². The molecule has 0 aromatic heterocycles. The maximum absolute atomic E-state index is 9.74. The maximum Gasteiger partial charge on any atom is 0.0611 e. The van der Waals surface area contributed by atoms with Gasteiger partial charge in [-0.15, -0.1) is 0 Å². The van der Waals surface area contributed by atoms with Crippen LogP contribution in [0, 0.1) is 5.92 Å². The van der Waals surface area contributed by atoms with Gasteiger partial charge in [0.15, 0.2) is 0 Å². The third-order valence-corrected chi connectivity index (χ3v) is 5.56. The molecule has 0 aromatic carbocycles. The highest BCUT2D eigenvalue weighted by Gasteiger charge is 2.30. The number of rotatable bonds is 9. The van der Waals surface area contributed by atoms with Gasteiger partial charge in [-0.05, 0) is 71.9 Å². The second kappa shape index (κ2) is 9.12. The standard InChI is InChI=1S/C18H38N2O/c1-6-12-19-18(4,14-21)13-15(3)20(5)17-10-8-16(7-2)9-11-17/h15-17,19,21H,6-14H2,1-5H3. The summed E-state index contributed by atoms with van der Waals surface area (Å²) in [6, 6.07) is 1.24. The van der Waals surface area contributed by atoms with E-state index < -0.39 is 0 Å². The Bertz CT molecular complexity index is 276. The molecule has 0 aromatic rings. The van der Waals surface area contributed by atoms with Crippen molar-refractivity contribution < 1.29 is 5.11 Å². The van der Waals surface area contributed by atoms with Crippen molar-refractivity contribution in [1.29, 1.82) is 0 Å². The van der Waals surface area contributed by atoms with E-state index in [9.17, 15) is 5.11 Å². The summed E-state index contributed by atoms with van der Waals surface area (Å²) in [5.74, 6) is 0.957. The average Bonchev–Trinajstić information content (AvgIpc) is 2.52. The third-order valence-electron chi connectivity index (χ3n) is 5.56. The molecule has 3 nitrogen and oxygen atoms in total. The van der Waals surface area contributed by atoms with Gasteiger partial charge in [-0.25, -0.2) is 0 Å². The first kappa shape index (κ1) is 18.9. The van der Waals surface area contributed by atoms with Crippen LogP contribution in [0.5, 0.6) is 0 Å². The van der Waals surface area contributed by atoms with E-state index in [1.807, 2.05) is 0 Å². The third kappa shape index (κ3) is 5.88. The predicted octanol–water partition coefficient (Wildman–Crippen LogP) is 3.42. The zero-order valence-electron chi connectivity index (χ0n) is 15.0. The monoisotopic (exact) mass is 298 g/mol. The molecule has 0 saturated heterocycles. The fourth-order valence-electron chi connectivity index (χ4n) is 3.74. The van der Waals surface area contributed by atoms with Gasteiger partial charge in [-0.3, -0.25) is 0 Å². The molecular weight excluding hydrogens is 260 g/mol. The first-order valence-electron chi connectivity index (χ1n) is 9.03. The van der Waals surface area contributed by atoms with Gasteiger partial charge in [0.05, 0.1) is 6.61 Å². The summed E-state index contributed by atoms with van der Waals surface area (Å²) in [5.41, 5.74) is -0.149. The van der Waals surface area contributed by atoms with Gasteiger partial charge in [-0.2, -0.15) is 0 Å². The minimum atomic E-state index is -0.149. The van der Waals surface area contributed by atoms with Crippen LogP contribution in [0.25, 0.3) is 0 Å².